The van der Waals surface area contributed by atoms with Crippen LogP contribution in [0.3, 0.4) is 0 Å². The van der Waals surface area contributed by atoms with E-state index in [2.05, 4.69) is 20.6 Å². The van der Waals surface area contributed by atoms with E-state index in [1.54, 1.807) is 11.3 Å². The molecule has 112 valence electrons. The van der Waals surface area contributed by atoms with E-state index in [9.17, 15) is 5.11 Å². The van der Waals surface area contributed by atoms with Crippen molar-refractivity contribution in [3.8, 4) is 5.75 Å². The molecule has 0 bridgehead atoms. The van der Waals surface area contributed by atoms with E-state index in [0.29, 0.717) is 6.61 Å². The predicted molar refractivity (Wildman–Crippen MR) is 83.6 cm³/mol. The van der Waals surface area contributed by atoms with Crippen molar-refractivity contribution in [2.45, 2.75) is 19.7 Å². The molecule has 0 atom stereocenters. The monoisotopic (exact) mass is 305 g/mol. The van der Waals surface area contributed by atoms with Gasteiger partial charge in [-0.05, 0) is 17.7 Å². The molecule has 0 unspecified atom stereocenters. The summed E-state index contributed by atoms with van der Waals surface area (Å²) < 4.78 is 5.79. The molecular formula is C15H19N3O2S. The van der Waals surface area contributed by atoms with E-state index in [4.69, 9.17) is 4.74 Å². The van der Waals surface area contributed by atoms with Crippen LogP contribution >= 0.6 is 11.3 Å². The summed E-state index contributed by atoms with van der Waals surface area (Å²) in [5.74, 6) is 0.920. The molecule has 2 heterocycles. The van der Waals surface area contributed by atoms with Crippen LogP contribution in [0, 0.1) is 0 Å². The number of rotatable bonds is 4. The summed E-state index contributed by atoms with van der Waals surface area (Å²) in [7, 11) is 1.88. The Kier molecular flexibility index (Phi) is 4.38. The number of fused-ring (bicyclic) bond motifs is 1. The second-order valence-electron chi connectivity index (χ2n) is 5.05. The van der Waals surface area contributed by atoms with Gasteiger partial charge in [-0.2, -0.15) is 0 Å². The Balaban J connectivity index is 1.75. The van der Waals surface area contributed by atoms with Gasteiger partial charge in [-0.3, -0.25) is 4.90 Å². The zero-order valence-corrected chi connectivity index (χ0v) is 12.8. The van der Waals surface area contributed by atoms with Gasteiger partial charge in [-0.1, -0.05) is 6.07 Å². The number of hydrogen-bond acceptors (Lipinski definition) is 6. The summed E-state index contributed by atoms with van der Waals surface area (Å²) in [6.07, 6.45) is 0. The number of aliphatic hydroxyl groups excluding tert-OH is 1. The van der Waals surface area contributed by atoms with Crippen molar-refractivity contribution >= 4 is 16.5 Å². The van der Waals surface area contributed by atoms with Crippen LogP contribution in [0.5, 0.6) is 5.75 Å². The molecule has 0 amide bonds. The molecule has 6 heteroatoms. The van der Waals surface area contributed by atoms with Gasteiger partial charge in [0, 0.05) is 37.6 Å². The van der Waals surface area contributed by atoms with Gasteiger partial charge in [-0.25, -0.2) is 4.98 Å². The average Bonchev–Trinajstić information content (AvgIpc) is 2.86. The molecule has 0 aliphatic carbocycles. The van der Waals surface area contributed by atoms with E-state index in [-0.39, 0.29) is 6.61 Å². The molecule has 0 radical (unpaired) electrons. The highest BCUT2D eigenvalue weighted by molar-refractivity contribution is 7.13. The second-order valence-corrected chi connectivity index (χ2v) is 5.91. The van der Waals surface area contributed by atoms with Gasteiger partial charge in [0.25, 0.3) is 0 Å². The molecule has 1 aromatic heterocycles. The SMILES string of the molecule is CNc1nc(CN2CCOc3ccc(CO)cc3C2)cs1. The fraction of sp³-hybridized carbons (Fsp3) is 0.400. The number of ether oxygens (including phenoxy) is 1. The Bertz CT molecular complexity index is 615. The maximum Gasteiger partial charge on any atom is 0.182 e. The minimum absolute atomic E-state index is 0.0604. The van der Waals surface area contributed by atoms with Gasteiger partial charge < -0.3 is 15.2 Å². The summed E-state index contributed by atoms with van der Waals surface area (Å²) in [4.78, 5) is 6.85. The number of benzene rings is 1. The van der Waals surface area contributed by atoms with Crippen LogP contribution in [-0.4, -0.2) is 35.2 Å². The van der Waals surface area contributed by atoms with Crippen LogP contribution in [0.1, 0.15) is 16.8 Å². The topological polar surface area (TPSA) is 57.6 Å². The van der Waals surface area contributed by atoms with E-state index in [1.807, 2.05) is 25.2 Å². The van der Waals surface area contributed by atoms with Crippen LogP contribution in [-0.2, 0) is 19.7 Å². The van der Waals surface area contributed by atoms with Gasteiger partial charge in [0.2, 0.25) is 0 Å². The standard InChI is InChI=1S/C15H19N3O2S/c1-16-15-17-13(10-21-15)8-18-4-5-20-14-3-2-11(9-19)6-12(14)7-18/h2-3,6,10,19H,4-5,7-9H2,1H3,(H,16,17). The Morgan fingerprint density at radius 2 is 2.38 bits per heavy atom. The second kappa shape index (κ2) is 6.43. The lowest BCUT2D eigenvalue weighted by Gasteiger charge is -2.18. The Morgan fingerprint density at radius 1 is 1.48 bits per heavy atom. The number of anilines is 1. The minimum Gasteiger partial charge on any atom is -0.492 e. The molecular weight excluding hydrogens is 286 g/mol. The Labute approximate surface area is 128 Å². The third kappa shape index (κ3) is 3.34. The minimum atomic E-state index is 0.0604. The zero-order valence-electron chi connectivity index (χ0n) is 12.0. The number of nitrogens with zero attached hydrogens (tertiary/aromatic N) is 2. The zero-order chi connectivity index (χ0) is 14.7. The quantitative estimate of drug-likeness (QED) is 0.905. The van der Waals surface area contributed by atoms with Gasteiger partial charge in [-0.15, -0.1) is 11.3 Å². The molecule has 0 saturated carbocycles. The third-order valence-electron chi connectivity index (χ3n) is 3.52. The first-order valence-electron chi connectivity index (χ1n) is 6.98. The number of aliphatic hydroxyl groups is 1. The largest absolute Gasteiger partial charge is 0.492 e. The molecule has 21 heavy (non-hydrogen) atoms. The molecule has 1 aliphatic rings. The van der Waals surface area contributed by atoms with E-state index >= 15 is 0 Å². The van der Waals surface area contributed by atoms with Crippen LogP contribution in [0.15, 0.2) is 23.6 Å². The molecule has 0 saturated heterocycles. The molecule has 0 spiro atoms. The summed E-state index contributed by atoms with van der Waals surface area (Å²) in [5.41, 5.74) is 3.12. The number of hydrogen-bond donors (Lipinski definition) is 2. The van der Waals surface area contributed by atoms with Gasteiger partial charge >= 0.3 is 0 Å². The lowest BCUT2D eigenvalue weighted by atomic mass is 10.1. The van der Waals surface area contributed by atoms with Crippen molar-refractivity contribution < 1.29 is 9.84 Å². The lowest BCUT2D eigenvalue weighted by Crippen LogP contribution is -2.25. The predicted octanol–water partition coefficient (Wildman–Crippen LogP) is 2.07. The van der Waals surface area contributed by atoms with Gasteiger partial charge in [0.05, 0.1) is 12.3 Å². The van der Waals surface area contributed by atoms with Gasteiger partial charge in [0.15, 0.2) is 5.13 Å². The highest BCUT2D eigenvalue weighted by Gasteiger charge is 2.17. The van der Waals surface area contributed by atoms with Crippen molar-refractivity contribution in [1.29, 1.82) is 0 Å². The molecule has 5 nitrogen and oxygen atoms in total. The summed E-state index contributed by atoms with van der Waals surface area (Å²) >= 11 is 1.62. The van der Waals surface area contributed by atoms with E-state index < -0.39 is 0 Å². The fourth-order valence-electron chi connectivity index (χ4n) is 2.46. The van der Waals surface area contributed by atoms with Crippen molar-refractivity contribution in [3.05, 3.63) is 40.4 Å². The highest BCUT2D eigenvalue weighted by atomic mass is 32.1. The van der Waals surface area contributed by atoms with Crippen LogP contribution < -0.4 is 10.1 Å². The third-order valence-corrected chi connectivity index (χ3v) is 4.43. The first-order chi connectivity index (χ1) is 10.3. The molecule has 1 aromatic carbocycles. The van der Waals surface area contributed by atoms with Crippen molar-refractivity contribution in [3.63, 3.8) is 0 Å². The van der Waals surface area contributed by atoms with Crippen LogP contribution in [0.4, 0.5) is 5.13 Å². The number of thiazole rings is 1. The van der Waals surface area contributed by atoms with Crippen LogP contribution in [0.2, 0.25) is 0 Å². The van der Waals surface area contributed by atoms with E-state index in [0.717, 1.165) is 47.3 Å². The Hall–Kier alpha value is -1.63. The highest BCUT2D eigenvalue weighted by Crippen LogP contribution is 2.25. The fourth-order valence-corrected chi connectivity index (χ4v) is 3.12. The first kappa shape index (κ1) is 14.3. The first-order valence-corrected chi connectivity index (χ1v) is 7.86. The van der Waals surface area contributed by atoms with Crippen LogP contribution in [0.25, 0.3) is 0 Å². The molecule has 2 aromatic rings. The maximum absolute atomic E-state index is 9.27. The average molecular weight is 305 g/mol. The van der Waals surface area contributed by atoms with Crippen molar-refractivity contribution in [2.75, 3.05) is 25.5 Å². The Morgan fingerprint density at radius 3 is 3.14 bits per heavy atom. The molecule has 1 aliphatic heterocycles. The normalized spacial score (nSPS) is 15.1. The summed E-state index contributed by atoms with van der Waals surface area (Å²) in [6.45, 7) is 3.23. The summed E-state index contributed by atoms with van der Waals surface area (Å²) in [6, 6.07) is 5.88. The van der Waals surface area contributed by atoms with Crippen molar-refractivity contribution in [2.24, 2.45) is 0 Å². The molecule has 3 rings (SSSR count). The molecule has 2 N–H and O–H groups in total. The molecule has 0 fully saturated rings. The number of nitrogens with one attached hydrogen (secondary N) is 1. The summed E-state index contributed by atoms with van der Waals surface area (Å²) in [5, 5.41) is 15.4. The van der Waals surface area contributed by atoms with E-state index in [1.165, 1.54) is 0 Å². The van der Waals surface area contributed by atoms with Gasteiger partial charge in [0.1, 0.15) is 12.4 Å². The maximum atomic E-state index is 9.27. The van der Waals surface area contributed by atoms with Crippen molar-refractivity contribution in [1.82, 2.24) is 9.88 Å². The smallest absolute Gasteiger partial charge is 0.182 e. The number of aromatic nitrogens is 1. The lowest BCUT2D eigenvalue weighted by molar-refractivity contribution is 0.218.